The van der Waals surface area contributed by atoms with Gasteiger partial charge in [0.05, 0.1) is 0 Å². The Morgan fingerprint density at radius 1 is 0.889 bits per heavy atom. The summed E-state index contributed by atoms with van der Waals surface area (Å²) < 4.78 is 49.8. The maximum atomic E-state index is 13.7. The first-order valence-electron chi connectivity index (χ1n) is 5.14. The molecule has 94 valence electrons. The van der Waals surface area contributed by atoms with Crippen LogP contribution in [0.3, 0.4) is 0 Å². The van der Waals surface area contributed by atoms with Crippen molar-refractivity contribution in [3.05, 3.63) is 54.1 Å². The number of hydrogen-bond acceptors (Lipinski definition) is 2. The number of rotatable bonds is 2. The van der Waals surface area contributed by atoms with Gasteiger partial charge in [0, 0.05) is 6.26 Å². The summed E-state index contributed by atoms with van der Waals surface area (Å²) in [6, 6.07) is 10.7. The number of sulfone groups is 1. The zero-order valence-corrected chi connectivity index (χ0v) is 10.3. The van der Waals surface area contributed by atoms with E-state index in [-0.39, 0.29) is 0 Å². The Labute approximate surface area is 104 Å². The zero-order chi connectivity index (χ0) is 13.3. The van der Waals surface area contributed by atoms with E-state index in [2.05, 4.69) is 0 Å². The van der Waals surface area contributed by atoms with Crippen LogP contribution in [0.15, 0.2) is 47.4 Å². The fraction of sp³-hybridized carbons (Fsp3) is 0.0769. The summed E-state index contributed by atoms with van der Waals surface area (Å²) in [6.07, 6.45) is 0.774. The highest BCUT2D eigenvalue weighted by molar-refractivity contribution is 7.90. The molecular weight excluding hydrogens is 258 g/mol. The van der Waals surface area contributed by atoms with Crippen molar-refractivity contribution in [2.24, 2.45) is 0 Å². The van der Waals surface area contributed by atoms with Gasteiger partial charge in [-0.25, -0.2) is 17.2 Å². The highest BCUT2D eigenvalue weighted by Crippen LogP contribution is 2.26. The van der Waals surface area contributed by atoms with E-state index in [9.17, 15) is 17.2 Å². The summed E-state index contributed by atoms with van der Waals surface area (Å²) in [5, 5.41) is 0. The van der Waals surface area contributed by atoms with Crippen molar-refractivity contribution in [2.45, 2.75) is 4.90 Å². The standard InChI is InChI=1S/C13H10F2O2S/c1-18(16,17)13-11(14)7-10(8-12(13)15)9-5-3-2-4-6-9/h2-8H,1H3. The Kier molecular flexibility index (Phi) is 3.17. The van der Waals surface area contributed by atoms with E-state index in [4.69, 9.17) is 0 Å². The van der Waals surface area contributed by atoms with Gasteiger partial charge in [0.15, 0.2) is 9.84 Å². The maximum absolute atomic E-state index is 13.7. The SMILES string of the molecule is CS(=O)(=O)c1c(F)cc(-c2ccccc2)cc1F. The number of hydrogen-bond donors (Lipinski definition) is 0. The van der Waals surface area contributed by atoms with E-state index in [0.29, 0.717) is 11.1 Å². The fourth-order valence-electron chi connectivity index (χ4n) is 1.71. The minimum absolute atomic E-state index is 0.304. The van der Waals surface area contributed by atoms with Crippen LogP contribution in [-0.4, -0.2) is 14.7 Å². The van der Waals surface area contributed by atoms with Gasteiger partial charge in [0.2, 0.25) is 0 Å². The van der Waals surface area contributed by atoms with Gasteiger partial charge in [-0.2, -0.15) is 0 Å². The molecule has 0 amide bonds. The molecule has 0 N–H and O–H groups in total. The van der Waals surface area contributed by atoms with Crippen LogP contribution in [0, 0.1) is 11.6 Å². The van der Waals surface area contributed by atoms with Crippen molar-refractivity contribution in [1.29, 1.82) is 0 Å². The van der Waals surface area contributed by atoms with Gasteiger partial charge in [-0.3, -0.25) is 0 Å². The predicted molar refractivity (Wildman–Crippen MR) is 64.9 cm³/mol. The molecule has 0 spiro atoms. The van der Waals surface area contributed by atoms with Crippen LogP contribution in [0.25, 0.3) is 11.1 Å². The van der Waals surface area contributed by atoms with Crippen LogP contribution in [0.4, 0.5) is 8.78 Å². The normalized spacial score (nSPS) is 11.5. The van der Waals surface area contributed by atoms with Gasteiger partial charge >= 0.3 is 0 Å². The molecule has 0 fully saturated rings. The summed E-state index contributed by atoms with van der Waals surface area (Å²) in [4.78, 5) is -0.887. The lowest BCUT2D eigenvalue weighted by Crippen LogP contribution is -2.04. The first-order valence-corrected chi connectivity index (χ1v) is 7.03. The second-order valence-electron chi connectivity index (χ2n) is 3.91. The molecule has 0 heterocycles. The minimum atomic E-state index is -3.91. The molecule has 0 unspecified atom stereocenters. The highest BCUT2D eigenvalue weighted by atomic mass is 32.2. The average Bonchev–Trinajstić information content (AvgIpc) is 2.27. The third-order valence-electron chi connectivity index (χ3n) is 2.48. The van der Waals surface area contributed by atoms with Gasteiger partial charge in [-0.15, -0.1) is 0 Å². The van der Waals surface area contributed by atoms with Gasteiger partial charge in [0.1, 0.15) is 16.5 Å². The molecule has 0 aliphatic heterocycles. The smallest absolute Gasteiger partial charge is 0.181 e. The zero-order valence-electron chi connectivity index (χ0n) is 9.52. The molecule has 2 aromatic carbocycles. The van der Waals surface area contributed by atoms with Crippen molar-refractivity contribution < 1.29 is 17.2 Å². The van der Waals surface area contributed by atoms with Crippen LogP contribution in [-0.2, 0) is 9.84 Å². The molecule has 0 atom stereocenters. The highest BCUT2D eigenvalue weighted by Gasteiger charge is 2.20. The largest absolute Gasteiger partial charge is 0.224 e. The molecule has 0 bridgehead atoms. The van der Waals surface area contributed by atoms with Crippen LogP contribution >= 0.6 is 0 Å². The van der Waals surface area contributed by atoms with Crippen molar-refractivity contribution >= 4 is 9.84 Å². The van der Waals surface area contributed by atoms with E-state index in [0.717, 1.165) is 18.4 Å². The van der Waals surface area contributed by atoms with Gasteiger partial charge < -0.3 is 0 Å². The maximum Gasteiger partial charge on any atom is 0.181 e. The van der Waals surface area contributed by atoms with E-state index < -0.39 is 26.4 Å². The lowest BCUT2D eigenvalue weighted by molar-refractivity contribution is 0.522. The Morgan fingerprint density at radius 3 is 1.83 bits per heavy atom. The van der Waals surface area contributed by atoms with Crippen LogP contribution in [0.5, 0.6) is 0 Å². The predicted octanol–water partition coefficient (Wildman–Crippen LogP) is 3.04. The molecule has 2 aromatic rings. The minimum Gasteiger partial charge on any atom is -0.224 e. The third-order valence-corrected chi connectivity index (χ3v) is 3.61. The molecule has 0 radical (unpaired) electrons. The fourth-order valence-corrected chi connectivity index (χ4v) is 2.54. The van der Waals surface area contributed by atoms with E-state index in [1.54, 1.807) is 30.3 Å². The van der Waals surface area contributed by atoms with Gasteiger partial charge in [-0.1, -0.05) is 30.3 Å². The summed E-state index contributed by atoms with van der Waals surface area (Å²) in [7, 11) is -3.91. The summed E-state index contributed by atoms with van der Waals surface area (Å²) >= 11 is 0. The first-order chi connectivity index (χ1) is 8.39. The van der Waals surface area contributed by atoms with Crippen molar-refractivity contribution in [2.75, 3.05) is 6.26 Å². The van der Waals surface area contributed by atoms with E-state index >= 15 is 0 Å². The molecule has 0 aromatic heterocycles. The molecule has 18 heavy (non-hydrogen) atoms. The summed E-state index contributed by atoms with van der Waals surface area (Å²) in [5.41, 5.74) is 0.924. The first kappa shape index (κ1) is 12.7. The topological polar surface area (TPSA) is 34.1 Å². The molecule has 2 rings (SSSR count). The molecule has 0 saturated heterocycles. The second-order valence-corrected chi connectivity index (χ2v) is 5.86. The summed E-state index contributed by atoms with van der Waals surface area (Å²) in [6.45, 7) is 0. The lowest BCUT2D eigenvalue weighted by atomic mass is 10.1. The van der Waals surface area contributed by atoms with Gasteiger partial charge in [-0.05, 0) is 23.3 Å². The van der Waals surface area contributed by atoms with Crippen molar-refractivity contribution in [3.8, 4) is 11.1 Å². The van der Waals surface area contributed by atoms with Crippen LogP contribution < -0.4 is 0 Å². The van der Waals surface area contributed by atoms with Gasteiger partial charge in [0.25, 0.3) is 0 Å². The third kappa shape index (κ3) is 2.41. The van der Waals surface area contributed by atoms with E-state index in [1.807, 2.05) is 0 Å². The Morgan fingerprint density at radius 2 is 1.39 bits per heavy atom. The Balaban J connectivity index is 2.64. The monoisotopic (exact) mass is 268 g/mol. The second kappa shape index (κ2) is 4.49. The number of halogens is 2. The number of benzene rings is 2. The average molecular weight is 268 g/mol. The van der Waals surface area contributed by atoms with Crippen molar-refractivity contribution in [1.82, 2.24) is 0 Å². The molecule has 0 aliphatic carbocycles. The molecule has 5 heteroatoms. The quantitative estimate of drug-likeness (QED) is 0.839. The van der Waals surface area contributed by atoms with Crippen LogP contribution in [0.1, 0.15) is 0 Å². The molecule has 0 aliphatic rings. The van der Waals surface area contributed by atoms with Crippen LogP contribution in [0.2, 0.25) is 0 Å². The molecule has 2 nitrogen and oxygen atoms in total. The Bertz CT molecular complexity index is 656. The summed E-state index contributed by atoms with van der Waals surface area (Å²) in [5.74, 6) is -2.15. The molecule has 0 saturated carbocycles. The Hall–Kier alpha value is -1.75. The van der Waals surface area contributed by atoms with Crippen molar-refractivity contribution in [3.63, 3.8) is 0 Å². The molecular formula is C13H10F2O2S. The van der Waals surface area contributed by atoms with E-state index in [1.165, 1.54) is 0 Å². The lowest BCUT2D eigenvalue weighted by Gasteiger charge is -2.06.